The zero-order valence-corrected chi connectivity index (χ0v) is 13.7. The highest BCUT2D eigenvalue weighted by Crippen LogP contribution is 2.22. The van der Waals surface area contributed by atoms with Crippen LogP contribution in [0.2, 0.25) is 0 Å². The van der Waals surface area contributed by atoms with E-state index in [1.807, 2.05) is 0 Å². The minimum atomic E-state index is -0.434. The molecule has 21 heavy (non-hydrogen) atoms. The summed E-state index contributed by atoms with van der Waals surface area (Å²) in [5.74, 6) is 0.663. The van der Waals surface area contributed by atoms with Gasteiger partial charge in [0.15, 0.2) is 0 Å². The van der Waals surface area contributed by atoms with Crippen molar-refractivity contribution in [3.8, 4) is 0 Å². The van der Waals surface area contributed by atoms with E-state index in [-0.39, 0.29) is 6.10 Å². The lowest BCUT2D eigenvalue weighted by Gasteiger charge is -2.28. The first-order valence-corrected chi connectivity index (χ1v) is 8.06. The van der Waals surface area contributed by atoms with Crippen molar-refractivity contribution in [1.29, 1.82) is 0 Å². The van der Waals surface area contributed by atoms with E-state index in [9.17, 15) is 5.11 Å². The molecule has 3 unspecified atom stereocenters. The first kappa shape index (κ1) is 16.5. The molecular weight excluding hydrogens is 262 g/mol. The Kier molecular flexibility index (Phi) is 5.80. The fraction of sp³-hybridized carbons (Fsp3) is 0.667. The molecule has 0 aromatic heterocycles. The summed E-state index contributed by atoms with van der Waals surface area (Å²) in [4.78, 5) is 2.23. The maximum Gasteiger partial charge on any atom is 0.0916 e. The van der Waals surface area contributed by atoms with Crippen LogP contribution in [-0.2, 0) is 11.2 Å². The zero-order chi connectivity index (χ0) is 15.4. The Labute approximate surface area is 128 Å². The molecule has 1 saturated heterocycles. The summed E-state index contributed by atoms with van der Waals surface area (Å²) >= 11 is 0. The predicted molar refractivity (Wildman–Crippen MR) is 86.4 cm³/mol. The van der Waals surface area contributed by atoms with Crippen LogP contribution < -0.4 is 0 Å². The topological polar surface area (TPSA) is 32.7 Å². The van der Waals surface area contributed by atoms with E-state index in [0.29, 0.717) is 18.5 Å². The third-order valence-corrected chi connectivity index (χ3v) is 4.37. The van der Waals surface area contributed by atoms with Crippen LogP contribution in [0.15, 0.2) is 24.3 Å². The van der Waals surface area contributed by atoms with Gasteiger partial charge in [-0.25, -0.2) is 0 Å². The van der Waals surface area contributed by atoms with Crippen LogP contribution in [0, 0.1) is 5.92 Å². The van der Waals surface area contributed by atoms with Gasteiger partial charge in [0.25, 0.3) is 0 Å². The Morgan fingerprint density at radius 2 is 1.95 bits per heavy atom. The van der Waals surface area contributed by atoms with E-state index in [1.54, 1.807) is 0 Å². The van der Waals surface area contributed by atoms with E-state index in [1.165, 1.54) is 5.56 Å². The van der Waals surface area contributed by atoms with Gasteiger partial charge in [-0.05, 0) is 43.9 Å². The summed E-state index contributed by atoms with van der Waals surface area (Å²) in [6.45, 7) is 8.05. The molecular formula is C18H29NO2. The van der Waals surface area contributed by atoms with E-state index in [2.05, 4.69) is 57.0 Å². The van der Waals surface area contributed by atoms with Crippen molar-refractivity contribution < 1.29 is 9.84 Å². The smallest absolute Gasteiger partial charge is 0.0916 e. The third-order valence-electron chi connectivity index (χ3n) is 4.37. The van der Waals surface area contributed by atoms with Gasteiger partial charge in [0.1, 0.15) is 0 Å². The number of hydrogen-bond acceptors (Lipinski definition) is 3. The average Bonchev–Trinajstić information content (AvgIpc) is 2.85. The first-order chi connectivity index (χ1) is 9.97. The molecule has 118 valence electrons. The summed E-state index contributed by atoms with van der Waals surface area (Å²) in [7, 11) is 2.08. The minimum absolute atomic E-state index is 0.260. The molecule has 1 aliphatic heterocycles. The van der Waals surface area contributed by atoms with Gasteiger partial charge in [0.05, 0.1) is 12.2 Å². The number of benzene rings is 1. The lowest BCUT2D eigenvalue weighted by Crippen LogP contribution is -2.39. The van der Waals surface area contributed by atoms with Crippen molar-refractivity contribution in [1.82, 2.24) is 4.90 Å². The van der Waals surface area contributed by atoms with Crippen LogP contribution in [0.5, 0.6) is 0 Å². The van der Waals surface area contributed by atoms with E-state index in [0.717, 1.165) is 25.0 Å². The molecule has 0 saturated carbocycles. The van der Waals surface area contributed by atoms with Crippen molar-refractivity contribution in [3.63, 3.8) is 0 Å². The van der Waals surface area contributed by atoms with Gasteiger partial charge in [-0.15, -0.1) is 0 Å². The first-order valence-electron chi connectivity index (χ1n) is 8.06. The second kappa shape index (κ2) is 7.39. The number of aliphatic hydroxyl groups excluding tert-OH is 1. The highest BCUT2D eigenvalue weighted by molar-refractivity contribution is 5.24. The quantitative estimate of drug-likeness (QED) is 0.874. The Balaban J connectivity index is 1.91. The third kappa shape index (κ3) is 4.53. The van der Waals surface area contributed by atoms with Gasteiger partial charge in [0.2, 0.25) is 0 Å². The Morgan fingerprint density at radius 3 is 2.48 bits per heavy atom. The summed E-state index contributed by atoms with van der Waals surface area (Å²) in [5, 5.41) is 10.4. The number of ether oxygens (including phenoxy) is 1. The normalized spacial score (nSPS) is 24.0. The number of likely N-dealkylation sites (N-methyl/N-ethyl adjacent to an activating group) is 1. The molecule has 0 amide bonds. The monoisotopic (exact) mass is 291 g/mol. The van der Waals surface area contributed by atoms with Crippen molar-refractivity contribution in [2.75, 3.05) is 20.2 Å². The molecule has 3 heteroatoms. The van der Waals surface area contributed by atoms with Crippen LogP contribution >= 0.6 is 0 Å². The number of nitrogens with zero attached hydrogens (tertiary/aromatic N) is 1. The van der Waals surface area contributed by atoms with Crippen LogP contribution in [0.25, 0.3) is 0 Å². The predicted octanol–water partition coefficient (Wildman–Crippen LogP) is 3.03. The maximum atomic E-state index is 10.4. The van der Waals surface area contributed by atoms with Crippen molar-refractivity contribution >= 4 is 0 Å². The Bertz CT molecular complexity index is 429. The molecule has 1 N–H and O–H groups in total. The largest absolute Gasteiger partial charge is 0.387 e. The lowest BCUT2D eigenvalue weighted by molar-refractivity contribution is 0.0579. The fourth-order valence-corrected chi connectivity index (χ4v) is 3.16. The number of rotatable bonds is 6. The minimum Gasteiger partial charge on any atom is -0.387 e. The Morgan fingerprint density at radius 1 is 1.29 bits per heavy atom. The fourth-order valence-electron chi connectivity index (χ4n) is 3.16. The number of aliphatic hydroxyl groups is 1. The van der Waals surface area contributed by atoms with E-state index in [4.69, 9.17) is 4.74 Å². The van der Waals surface area contributed by atoms with Crippen LogP contribution in [0.3, 0.4) is 0 Å². The summed E-state index contributed by atoms with van der Waals surface area (Å²) < 4.78 is 5.60. The summed E-state index contributed by atoms with van der Waals surface area (Å²) in [6.07, 6.45) is 1.97. The molecule has 2 rings (SSSR count). The highest BCUT2D eigenvalue weighted by atomic mass is 16.5. The van der Waals surface area contributed by atoms with Gasteiger partial charge in [-0.3, -0.25) is 4.90 Å². The molecule has 1 heterocycles. The molecule has 0 aliphatic carbocycles. The molecule has 1 aliphatic rings. The Hall–Kier alpha value is -0.900. The molecule has 0 bridgehead atoms. The molecule has 3 atom stereocenters. The van der Waals surface area contributed by atoms with E-state index >= 15 is 0 Å². The standard InChI is InChI=1S/C18H29NO2/c1-13(2)11-15-5-7-16(8-6-15)18(20)12-19(4)17-9-10-21-14(17)3/h5-8,13-14,17-18,20H,9-12H2,1-4H3. The van der Waals surface area contributed by atoms with Gasteiger partial charge in [-0.2, -0.15) is 0 Å². The van der Waals surface area contributed by atoms with Crippen LogP contribution in [0.1, 0.15) is 44.4 Å². The second-order valence-electron chi connectivity index (χ2n) is 6.73. The summed E-state index contributed by atoms with van der Waals surface area (Å²) in [6, 6.07) is 8.81. The molecule has 1 fully saturated rings. The summed E-state index contributed by atoms with van der Waals surface area (Å²) in [5.41, 5.74) is 2.34. The van der Waals surface area contributed by atoms with Gasteiger partial charge < -0.3 is 9.84 Å². The van der Waals surface area contributed by atoms with Crippen molar-refractivity contribution in [2.45, 2.75) is 51.9 Å². The molecule has 0 spiro atoms. The van der Waals surface area contributed by atoms with Crippen LogP contribution in [-0.4, -0.2) is 42.4 Å². The lowest BCUT2D eigenvalue weighted by atomic mass is 10.00. The SMILES string of the molecule is CC(C)Cc1ccc(C(O)CN(C)C2CCOC2C)cc1. The van der Waals surface area contributed by atoms with E-state index < -0.39 is 6.10 Å². The zero-order valence-electron chi connectivity index (χ0n) is 13.7. The number of hydrogen-bond donors (Lipinski definition) is 1. The van der Waals surface area contributed by atoms with Crippen LogP contribution in [0.4, 0.5) is 0 Å². The highest BCUT2D eigenvalue weighted by Gasteiger charge is 2.28. The average molecular weight is 291 g/mol. The van der Waals surface area contributed by atoms with Gasteiger partial charge in [0, 0.05) is 19.2 Å². The molecule has 3 nitrogen and oxygen atoms in total. The maximum absolute atomic E-state index is 10.4. The van der Waals surface area contributed by atoms with Gasteiger partial charge in [-0.1, -0.05) is 38.1 Å². The molecule has 1 aromatic rings. The molecule has 1 aromatic carbocycles. The van der Waals surface area contributed by atoms with Crippen molar-refractivity contribution in [3.05, 3.63) is 35.4 Å². The van der Waals surface area contributed by atoms with Crippen molar-refractivity contribution in [2.24, 2.45) is 5.92 Å². The van der Waals surface area contributed by atoms with Gasteiger partial charge >= 0.3 is 0 Å². The second-order valence-corrected chi connectivity index (χ2v) is 6.73. The molecule has 0 radical (unpaired) electrons.